The van der Waals surface area contributed by atoms with Crippen LogP contribution in [-0.2, 0) is 16.0 Å². The molecule has 0 N–H and O–H groups in total. The van der Waals surface area contributed by atoms with Gasteiger partial charge in [0.2, 0.25) is 0 Å². The second-order valence-corrected chi connectivity index (χ2v) is 4.33. The fourth-order valence-corrected chi connectivity index (χ4v) is 2.03. The Kier molecular flexibility index (Phi) is 4.44. The van der Waals surface area contributed by atoms with Crippen LogP contribution in [0.25, 0.3) is 0 Å². The molecule has 1 aromatic rings. The van der Waals surface area contributed by atoms with Crippen LogP contribution in [0.15, 0.2) is 30.9 Å². The summed E-state index contributed by atoms with van der Waals surface area (Å²) in [7, 11) is 0. The molecule has 1 aliphatic rings. The van der Waals surface area contributed by atoms with Gasteiger partial charge in [-0.1, -0.05) is 12.7 Å². The van der Waals surface area contributed by atoms with Gasteiger partial charge in [0.05, 0.1) is 12.5 Å². The zero-order valence-corrected chi connectivity index (χ0v) is 11.1. The molecule has 1 atom stereocenters. The average Bonchev–Trinajstić information content (AvgIpc) is 2.44. The van der Waals surface area contributed by atoms with Crippen molar-refractivity contribution in [3.05, 3.63) is 36.4 Å². The van der Waals surface area contributed by atoms with Gasteiger partial charge in [-0.3, -0.25) is 4.79 Å². The summed E-state index contributed by atoms with van der Waals surface area (Å²) in [6.45, 7) is 6.64. The molecular weight excluding hydrogens is 244 g/mol. The number of benzene rings is 1. The maximum Gasteiger partial charge on any atom is 0.312 e. The van der Waals surface area contributed by atoms with E-state index in [9.17, 15) is 4.79 Å². The van der Waals surface area contributed by atoms with Crippen molar-refractivity contribution < 1.29 is 19.0 Å². The molecule has 2 rings (SSSR count). The van der Waals surface area contributed by atoms with Crippen LogP contribution >= 0.6 is 0 Å². The summed E-state index contributed by atoms with van der Waals surface area (Å²) in [5.74, 6) is 1.13. The predicted octanol–water partition coefficient (Wildman–Crippen LogP) is 2.37. The van der Waals surface area contributed by atoms with Gasteiger partial charge in [0.25, 0.3) is 0 Å². The van der Waals surface area contributed by atoms with Crippen LogP contribution in [0.1, 0.15) is 12.5 Å². The minimum atomic E-state index is -0.234. The first kappa shape index (κ1) is 13.5. The van der Waals surface area contributed by atoms with E-state index in [1.54, 1.807) is 13.0 Å². The van der Waals surface area contributed by atoms with Crippen molar-refractivity contribution in [3.63, 3.8) is 0 Å². The van der Waals surface area contributed by atoms with Gasteiger partial charge < -0.3 is 14.2 Å². The molecule has 0 fully saturated rings. The van der Waals surface area contributed by atoms with Crippen molar-refractivity contribution in [2.45, 2.75) is 13.3 Å². The van der Waals surface area contributed by atoms with Crippen LogP contribution in [0.5, 0.6) is 11.5 Å². The van der Waals surface area contributed by atoms with Crippen LogP contribution in [-0.4, -0.2) is 25.8 Å². The minimum absolute atomic E-state index is 0.203. The van der Waals surface area contributed by atoms with Crippen LogP contribution in [0.2, 0.25) is 0 Å². The first-order valence-corrected chi connectivity index (χ1v) is 6.40. The van der Waals surface area contributed by atoms with Crippen LogP contribution < -0.4 is 9.47 Å². The molecule has 1 aliphatic heterocycles. The minimum Gasteiger partial charge on any atom is -0.492 e. The molecule has 1 heterocycles. The van der Waals surface area contributed by atoms with Gasteiger partial charge in [0, 0.05) is 0 Å². The maximum absolute atomic E-state index is 11.7. The number of hydrogen-bond acceptors (Lipinski definition) is 4. The Morgan fingerprint density at radius 2 is 2.42 bits per heavy atom. The molecular formula is C15H18O4. The standard InChI is InChI=1S/C15H18O4/c1-3-7-18-13-5-6-14-11(9-13)8-12(10-19-14)15(16)17-4-2/h3,5-6,9,12H,1,4,7-8,10H2,2H3/t12-/m1/s1. The van der Waals surface area contributed by atoms with Gasteiger partial charge in [0.1, 0.15) is 24.7 Å². The summed E-state index contributed by atoms with van der Waals surface area (Å²) >= 11 is 0. The summed E-state index contributed by atoms with van der Waals surface area (Å²) in [5.41, 5.74) is 0.978. The van der Waals surface area contributed by atoms with Gasteiger partial charge >= 0.3 is 5.97 Å². The summed E-state index contributed by atoms with van der Waals surface area (Å²) < 4.78 is 16.1. The van der Waals surface area contributed by atoms with E-state index in [4.69, 9.17) is 14.2 Å². The third-order valence-corrected chi connectivity index (χ3v) is 2.93. The highest BCUT2D eigenvalue weighted by Crippen LogP contribution is 2.31. The van der Waals surface area contributed by atoms with Crippen molar-refractivity contribution >= 4 is 5.97 Å². The lowest BCUT2D eigenvalue weighted by Crippen LogP contribution is -2.29. The van der Waals surface area contributed by atoms with Crippen molar-refractivity contribution in [3.8, 4) is 11.5 Å². The number of rotatable bonds is 5. The van der Waals surface area contributed by atoms with Crippen molar-refractivity contribution in [1.29, 1.82) is 0 Å². The summed E-state index contributed by atoms with van der Waals surface area (Å²) in [5, 5.41) is 0. The van der Waals surface area contributed by atoms with Crippen molar-refractivity contribution in [2.24, 2.45) is 5.92 Å². The quantitative estimate of drug-likeness (QED) is 0.603. The highest BCUT2D eigenvalue weighted by molar-refractivity contribution is 5.73. The van der Waals surface area contributed by atoms with Gasteiger partial charge in [-0.2, -0.15) is 0 Å². The summed E-state index contributed by atoms with van der Waals surface area (Å²) in [6.07, 6.45) is 2.32. The number of carbonyl (C=O) groups excluding carboxylic acids is 1. The summed E-state index contributed by atoms with van der Waals surface area (Å²) in [4.78, 5) is 11.7. The lowest BCUT2D eigenvalue weighted by atomic mass is 9.96. The molecule has 0 amide bonds. The molecule has 19 heavy (non-hydrogen) atoms. The van der Waals surface area contributed by atoms with E-state index in [0.29, 0.717) is 26.2 Å². The fourth-order valence-electron chi connectivity index (χ4n) is 2.03. The Bertz CT molecular complexity index is 467. The largest absolute Gasteiger partial charge is 0.492 e. The van der Waals surface area contributed by atoms with Crippen LogP contribution in [0.4, 0.5) is 0 Å². The zero-order valence-electron chi connectivity index (χ0n) is 11.1. The molecule has 0 spiro atoms. The molecule has 102 valence electrons. The molecule has 0 aromatic heterocycles. The molecule has 0 saturated heterocycles. The Balaban J connectivity index is 2.09. The number of esters is 1. The average molecular weight is 262 g/mol. The van der Waals surface area contributed by atoms with Gasteiger partial charge in [-0.25, -0.2) is 0 Å². The SMILES string of the molecule is C=CCOc1ccc2c(c1)C[C@@H](C(=O)OCC)CO2. The van der Waals surface area contributed by atoms with E-state index in [1.807, 2.05) is 18.2 Å². The van der Waals surface area contributed by atoms with E-state index in [0.717, 1.165) is 17.1 Å². The molecule has 0 unspecified atom stereocenters. The van der Waals surface area contributed by atoms with Gasteiger partial charge in [0.15, 0.2) is 0 Å². The second kappa shape index (κ2) is 6.27. The molecule has 0 saturated carbocycles. The molecule has 0 radical (unpaired) electrons. The monoisotopic (exact) mass is 262 g/mol. The van der Waals surface area contributed by atoms with Gasteiger partial charge in [-0.05, 0) is 37.1 Å². The third kappa shape index (κ3) is 3.28. The fraction of sp³-hybridized carbons (Fsp3) is 0.400. The lowest BCUT2D eigenvalue weighted by Gasteiger charge is -2.24. The summed E-state index contributed by atoms with van der Waals surface area (Å²) in [6, 6.07) is 5.63. The molecule has 0 bridgehead atoms. The van der Waals surface area contributed by atoms with Crippen molar-refractivity contribution in [1.82, 2.24) is 0 Å². The lowest BCUT2D eigenvalue weighted by molar-refractivity contribution is -0.149. The Morgan fingerprint density at radius 1 is 1.58 bits per heavy atom. The van der Waals surface area contributed by atoms with Gasteiger partial charge in [-0.15, -0.1) is 0 Å². The Hall–Kier alpha value is -1.97. The Morgan fingerprint density at radius 3 is 3.16 bits per heavy atom. The first-order valence-electron chi connectivity index (χ1n) is 6.40. The van der Waals surface area contributed by atoms with E-state index in [1.165, 1.54) is 0 Å². The first-order chi connectivity index (χ1) is 9.24. The Labute approximate surface area is 113 Å². The number of fused-ring (bicyclic) bond motifs is 1. The molecule has 4 nitrogen and oxygen atoms in total. The highest BCUT2D eigenvalue weighted by atomic mass is 16.5. The zero-order chi connectivity index (χ0) is 13.7. The maximum atomic E-state index is 11.7. The van der Waals surface area contributed by atoms with Crippen molar-refractivity contribution in [2.75, 3.05) is 19.8 Å². The number of hydrogen-bond donors (Lipinski definition) is 0. The number of ether oxygens (including phenoxy) is 3. The van der Waals surface area contributed by atoms with E-state index in [2.05, 4.69) is 6.58 Å². The molecule has 0 aliphatic carbocycles. The normalized spacial score (nSPS) is 17.0. The van der Waals surface area contributed by atoms with E-state index < -0.39 is 0 Å². The molecule has 1 aromatic carbocycles. The number of carbonyl (C=O) groups is 1. The third-order valence-electron chi connectivity index (χ3n) is 2.93. The highest BCUT2D eigenvalue weighted by Gasteiger charge is 2.27. The van der Waals surface area contributed by atoms with Crippen LogP contribution in [0, 0.1) is 5.92 Å². The van der Waals surface area contributed by atoms with E-state index in [-0.39, 0.29) is 11.9 Å². The second-order valence-electron chi connectivity index (χ2n) is 4.33. The topological polar surface area (TPSA) is 44.8 Å². The predicted molar refractivity (Wildman–Crippen MR) is 71.5 cm³/mol. The smallest absolute Gasteiger partial charge is 0.312 e. The molecule has 4 heteroatoms. The van der Waals surface area contributed by atoms with Crippen LogP contribution in [0.3, 0.4) is 0 Å². The van der Waals surface area contributed by atoms with E-state index >= 15 is 0 Å².